The number of alkyl halides is 3. The van der Waals surface area contributed by atoms with Crippen LogP contribution in [0.3, 0.4) is 0 Å². The van der Waals surface area contributed by atoms with E-state index in [9.17, 15) is 13.2 Å². The van der Waals surface area contributed by atoms with E-state index in [4.69, 9.17) is 0 Å². The third-order valence-electron chi connectivity index (χ3n) is 4.71. The molecule has 2 heterocycles. The number of aromatic nitrogens is 2. The fourth-order valence-electron chi connectivity index (χ4n) is 3.13. The third kappa shape index (κ3) is 9.63. The number of hydrogen-bond acceptors (Lipinski definition) is 5. The Balaban J connectivity index is 0.00000450. The Morgan fingerprint density at radius 2 is 2.00 bits per heavy atom. The van der Waals surface area contributed by atoms with E-state index in [1.165, 1.54) is 19.4 Å². The highest BCUT2D eigenvalue weighted by Crippen LogP contribution is 2.27. The number of nitrogens with one attached hydrogen (secondary N) is 3. The largest absolute Gasteiger partial charge is 0.433 e. The van der Waals surface area contributed by atoms with Crippen LogP contribution in [0.5, 0.6) is 0 Å². The van der Waals surface area contributed by atoms with Crippen LogP contribution in [0.15, 0.2) is 17.3 Å². The van der Waals surface area contributed by atoms with Crippen molar-refractivity contribution in [3.8, 4) is 0 Å². The molecular formula is C19H33F3IN7. The van der Waals surface area contributed by atoms with Crippen LogP contribution in [-0.2, 0) is 6.18 Å². The molecular weight excluding hydrogens is 510 g/mol. The molecule has 0 atom stereocenters. The van der Waals surface area contributed by atoms with E-state index in [2.05, 4.69) is 42.7 Å². The Bertz CT molecular complexity index is 635. The SMILES string of the molecule is CCCCN1CCC(NC(=NCCNc2nccc(C(F)(F)F)n2)NCC)CC1.I. The summed E-state index contributed by atoms with van der Waals surface area (Å²) in [4.78, 5) is 14.3. The first kappa shape index (κ1) is 26.7. The van der Waals surface area contributed by atoms with Crippen molar-refractivity contribution in [3.05, 3.63) is 18.0 Å². The number of guanidine groups is 1. The highest BCUT2D eigenvalue weighted by atomic mass is 127. The van der Waals surface area contributed by atoms with Gasteiger partial charge in [-0.25, -0.2) is 9.97 Å². The summed E-state index contributed by atoms with van der Waals surface area (Å²) >= 11 is 0. The first-order valence-corrected chi connectivity index (χ1v) is 10.3. The molecule has 1 fully saturated rings. The lowest BCUT2D eigenvalue weighted by molar-refractivity contribution is -0.141. The second-order valence-electron chi connectivity index (χ2n) is 7.06. The van der Waals surface area contributed by atoms with E-state index in [0.29, 0.717) is 19.1 Å². The number of unbranched alkanes of at least 4 members (excludes halogenated alkanes) is 1. The summed E-state index contributed by atoms with van der Waals surface area (Å²) in [5.41, 5.74) is -0.959. The molecule has 172 valence electrons. The summed E-state index contributed by atoms with van der Waals surface area (Å²) in [6.45, 7) is 9.03. The zero-order valence-electron chi connectivity index (χ0n) is 17.6. The number of rotatable bonds is 9. The first-order chi connectivity index (χ1) is 13.9. The molecule has 0 spiro atoms. The molecule has 0 aliphatic carbocycles. The minimum Gasteiger partial charge on any atom is -0.357 e. The minimum atomic E-state index is -4.48. The van der Waals surface area contributed by atoms with Gasteiger partial charge in [-0.1, -0.05) is 13.3 Å². The topological polar surface area (TPSA) is 77.5 Å². The second kappa shape index (κ2) is 13.8. The third-order valence-corrected chi connectivity index (χ3v) is 4.71. The summed E-state index contributed by atoms with van der Waals surface area (Å²) in [6, 6.07) is 1.23. The lowest BCUT2D eigenvalue weighted by Crippen LogP contribution is -2.48. The molecule has 1 aromatic rings. The van der Waals surface area contributed by atoms with Crippen molar-refractivity contribution in [2.75, 3.05) is 44.6 Å². The summed E-state index contributed by atoms with van der Waals surface area (Å²) in [7, 11) is 0. The summed E-state index contributed by atoms with van der Waals surface area (Å²) in [6.07, 6.45) is 1.22. The smallest absolute Gasteiger partial charge is 0.357 e. The molecule has 1 aliphatic heterocycles. The van der Waals surface area contributed by atoms with Crippen LogP contribution in [-0.4, -0.2) is 66.1 Å². The van der Waals surface area contributed by atoms with Gasteiger partial charge in [0, 0.05) is 38.4 Å². The molecule has 11 heteroatoms. The van der Waals surface area contributed by atoms with Gasteiger partial charge in [0.15, 0.2) is 5.96 Å². The van der Waals surface area contributed by atoms with Gasteiger partial charge < -0.3 is 20.9 Å². The molecule has 0 amide bonds. The van der Waals surface area contributed by atoms with Crippen LogP contribution < -0.4 is 16.0 Å². The Kier molecular flexibility index (Phi) is 12.3. The van der Waals surface area contributed by atoms with Gasteiger partial charge in [0.1, 0.15) is 5.69 Å². The number of likely N-dealkylation sites (tertiary alicyclic amines) is 1. The number of halogens is 4. The molecule has 0 radical (unpaired) electrons. The van der Waals surface area contributed by atoms with E-state index >= 15 is 0 Å². The van der Waals surface area contributed by atoms with E-state index < -0.39 is 11.9 Å². The normalized spacial score (nSPS) is 16.1. The highest BCUT2D eigenvalue weighted by molar-refractivity contribution is 14.0. The molecule has 0 aromatic carbocycles. The zero-order chi connectivity index (χ0) is 21.1. The van der Waals surface area contributed by atoms with Gasteiger partial charge in [-0.05, 0) is 38.8 Å². The minimum absolute atomic E-state index is 0. The Morgan fingerprint density at radius 3 is 2.63 bits per heavy atom. The molecule has 0 saturated carbocycles. The van der Waals surface area contributed by atoms with Crippen LogP contribution in [0.1, 0.15) is 45.2 Å². The maximum absolute atomic E-state index is 12.7. The van der Waals surface area contributed by atoms with Crippen molar-refractivity contribution in [1.29, 1.82) is 0 Å². The molecule has 0 bridgehead atoms. The van der Waals surface area contributed by atoms with Crippen LogP contribution in [0.25, 0.3) is 0 Å². The second-order valence-corrected chi connectivity index (χ2v) is 7.06. The van der Waals surface area contributed by atoms with Crippen LogP contribution in [0.2, 0.25) is 0 Å². The number of nitrogens with zero attached hydrogens (tertiary/aromatic N) is 4. The number of hydrogen-bond donors (Lipinski definition) is 3. The molecule has 30 heavy (non-hydrogen) atoms. The average molecular weight is 543 g/mol. The molecule has 2 rings (SSSR count). The number of aliphatic imine (C=N–C) groups is 1. The van der Waals surface area contributed by atoms with Crippen molar-refractivity contribution < 1.29 is 13.2 Å². The Labute approximate surface area is 193 Å². The van der Waals surface area contributed by atoms with Gasteiger partial charge in [-0.3, -0.25) is 4.99 Å². The van der Waals surface area contributed by atoms with E-state index in [-0.39, 0.29) is 29.9 Å². The van der Waals surface area contributed by atoms with Crippen LogP contribution >= 0.6 is 24.0 Å². The van der Waals surface area contributed by atoms with Gasteiger partial charge in [-0.2, -0.15) is 13.2 Å². The van der Waals surface area contributed by atoms with Crippen molar-refractivity contribution in [2.45, 2.75) is 51.7 Å². The predicted octanol–water partition coefficient (Wildman–Crippen LogP) is 3.34. The Morgan fingerprint density at radius 1 is 1.27 bits per heavy atom. The summed E-state index contributed by atoms with van der Waals surface area (Å²) in [5.74, 6) is 0.679. The van der Waals surface area contributed by atoms with Crippen molar-refractivity contribution in [1.82, 2.24) is 25.5 Å². The standard InChI is InChI=1S/C19H32F3N7.HI/c1-3-5-12-29-13-7-15(8-14-29)27-17(23-4-2)25-10-11-26-18-24-9-6-16(28-18)19(20,21)22;/h6,9,15H,3-5,7-8,10-14H2,1-2H3,(H2,23,25,27)(H,24,26,28);1H. The van der Waals surface area contributed by atoms with Crippen molar-refractivity contribution in [3.63, 3.8) is 0 Å². The summed E-state index contributed by atoms with van der Waals surface area (Å²) in [5, 5.41) is 9.48. The molecule has 1 aliphatic rings. The molecule has 1 aromatic heterocycles. The van der Waals surface area contributed by atoms with Crippen molar-refractivity contribution in [2.24, 2.45) is 4.99 Å². The summed E-state index contributed by atoms with van der Waals surface area (Å²) < 4.78 is 38.1. The fourth-order valence-corrected chi connectivity index (χ4v) is 3.13. The lowest BCUT2D eigenvalue weighted by Gasteiger charge is -2.33. The van der Waals surface area contributed by atoms with E-state index in [1.807, 2.05) is 6.92 Å². The van der Waals surface area contributed by atoms with Crippen LogP contribution in [0.4, 0.5) is 19.1 Å². The van der Waals surface area contributed by atoms with Gasteiger partial charge >= 0.3 is 6.18 Å². The first-order valence-electron chi connectivity index (χ1n) is 10.3. The maximum atomic E-state index is 12.7. The average Bonchev–Trinajstić information content (AvgIpc) is 2.70. The maximum Gasteiger partial charge on any atom is 0.433 e. The van der Waals surface area contributed by atoms with Gasteiger partial charge in [-0.15, -0.1) is 24.0 Å². The molecule has 7 nitrogen and oxygen atoms in total. The zero-order valence-corrected chi connectivity index (χ0v) is 20.0. The molecule has 3 N–H and O–H groups in total. The van der Waals surface area contributed by atoms with Gasteiger partial charge in [0.05, 0.1) is 6.54 Å². The quantitative estimate of drug-likeness (QED) is 0.192. The fraction of sp³-hybridized carbons (Fsp3) is 0.737. The predicted molar refractivity (Wildman–Crippen MR) is 124 cm³/mol. The Hall–Kier alpha value is -1.37. The number of piperidine rings is 1. The van der Waals surface area contributed by atoms with E-state index in [1.54, 1.807) is 0 Å². The molecule has 1 saturated heterocycles. The van der Waals surface area contributed by atoms with E-state index in [0.717, 1.165) is 50.7 Å². The monoisotopic (exact) mass is 543 g/mol. The highest BCUT2D eigenvalue weighted by Gasteiger charge is 2.32. The van der Waals surface area contributed by atoms with Crippen LogP contribution in [0, 0.1) is 0 Å². The lowest BCUT2D eigenvalue weighted by atomic mass is 10.0. The van der Waals surface area contributed by atoms with Gasteiger partial charge in [0.2, 0.25) is 5.95 Å². The van der Waals surface area contributed by atoms with Gasteiger partial charge in [0.25, 0.3) is 0 Å². The number of anilines is 1. The molecule has 0 unspecified atom stereocenters. The van der Waals surface area contributed by atoms with Crippen molar-refractivity contribution >= 4 is 35.9 Å².